The number of aliphatic hydroxyl groups excluding tert-OH is 1. The van der Waals surface area contributed by atoms with E-state index in [2.05, 4.69) is 26.3 Å². The van der Waals surface area contributed by atoms with Crippen LogP contribution in [0.2, 0.25) is 0 Å². The largest absolute Gasteiger partial charge is 0.420 e. The van der Waals surface area contributed by atoms with Crippen molar-refractivity contribution in [1.29, 1.82) is 5.26 Å². The lowest BCUT2D eigenvalue weighted by atomic mass is 9.89. The van der Waals surface area contributed by atoms with Gasteiger partial charge in [-0.1, -0.05) is 0 Å². The molecule has 0 unspecified atom stereocenters. The molecule has 32 heavy (non-hydrogen) atoms. The molecule has 2 aromatic carbocycles. The number of anilines is 2. The van der Waals surface area contributed by atoms with Crippen LogP contribution in [0.4, 0.5) is 16.2 Å². The first kappa shape index (κ1) is 20.4. The predicted octanol–water partition coefficient (Wildman–Crippen LogP) is 4.30. The molecule has 5 rings (SSSR count). The number of nitrogens with one attached hydrogen (secondary N) is 1. The standard InChI is InChI=1S/C24H22FN5O2/c25-19-12-18(16-5-7-30(8-6-16)9-10-31)13-21-23(19)32-24(28-21)29-22-4-2-17-11-15(14-26)1-3-20(17)27-22/h1-4,11-13,16,31H,5-10H2,(H,27,28,29). The monoisotopic (exact) mass is 431 g/mol. The zero-order chi connectivity index (χ0) is 22.1. The Morgan fingerprint density at radius 2 is 1.97 bits per heavy atom. The maximum atomic E-state index is 14.8. The lowest BCUT2D eigenvalue weighted by Gasteiger charge is -2.31. The lowest BCUT2D eigenvalue weighted by Crippen LogP contribution is -2.34. The molecule has 7 nitrogen and oxygen atoms in total. The van der Waals surface area contributed by atoms with Crippen LogP contribution < -0.4 is 5.32 Å². The first-order valence-electron chi connectivity index (χ1n) is 10.6. The normalized spacial score (nSPS) is 15.3. The van der Waals surface area contributed by atoms with Gasteiger partial charge in [0.1, 0.15) is 11.3 Å². The Morgan fingerprint density at radius 3 is 2.75 bits per heavy atom. The number of aromatic nitrogens is 2. The van der Waals surface area contributed by atoms with Gasteiger partial charge in [-0.2, -0.15) is 10.2 Å². The molecule has 1 aliphatic rings. The predicted molar refractivity (Wildman–Crippen MR) is 119 cm³/mol. The van der Waals surface area contributed by atoms with E-state index in [1.807, 2.05) is 12.1 Å². The number of halogens is 1. The highest BCUT2D eigenvalue weighted by Gasteiger charge is 2.23. The van der Waals surface area contributed by atoms with E-state index < -0.39 is 5.82 Å². The van der Waals surface area contributed by atoms with Crippen LogP contribution >= 0.6 is 0 Å². The van der Waals surface area contributed by atoms with E-state index in [1.54, 1.807) is 30.3 Å². The average Bonchev–Trinajstić information content (AvgIpc) is 3.22. The maximum Gasteiger partial charge on any atom is 0.301 e. The molecule has 2 N–H and O–H groups in total. The molecule has 1 fully saturated rings. The van der Waals surface area contributed by atoms with Crippen LogP contribution in [0, 0.1) is 17.1 Å². The number of piperidine rings is 1. The third-order valence-electron chi connectivity index (χ3n) is 6.00. The summed E-state index contributed by atoms with van der Waals surface area (Å²) in [6.07, 6.45) is 1.84. The van der Waals surface area contributed by atoms with E-state index in [9.17, 15) is 4.39 Å². The Bertz CT molecular complexity index is 1320. The summed E-state index contributed by atoms with van der Waals surface area (Å²) in [5, 5.41) is 22.0. The van der Waals surface area contributed by atoms with Gasteiger partial charge in [0, 0.05) is 11.9 Å². The summed E-state index contributed by atoms with van der Waals surface area (Å²) < 4.78 is 20.4. The van der Waals surface area contributed by atoms with Crippen molar-refractivity contribution < 1.29 is 13.9 Å². The second-order valence-corrected chi connectivity index (χ2v) is 8.05. The molecule has 0 radical (unpaired) electrons. The Morgan fingerprint density at radius 1 is 1.12 bits per heavy atom. The summed E-state index contributed by atoms with van der Waals surface area (Å²) in [5.41, 5.74) is 2.82. The number of β-amino-alcohol motifs (C(OH)–C–C–N with tert-alkyl or cyclic N) is 1. The van der Waals surface area contributed by atoms with Crippen molar-refractivity contribution in [1.82, 2.24) is 14.9 Å². The highest BCUT2D eigenvalue weighted by molar-refractivity contribution is 5.82. The number of benzene rings is 2. The van der Waals surface area contributed by atoms with E-state index >= 15 is 0 Å². The molecule has 0 saturated carbocycles. The molecule has 0 aliphatic carbocycles. The topological polar surface area (TPSA) is 98.2 Å². The van der Waals surface area contributed by atoms with Crippen molar-refractivity contribution in [2.45, 2.75) is 18.8 Å². The van der Waals surface area contributed by atoms with E-state index in [0.29, 0.717) is 23.4 Å². The van der Waals surface area contributed by atoms with Gasteiger partial charge in [0.25, 0.3) is 0 Å². The van der Waals surface area contributed by atoms with Gasteiger partial charge in [-0.25, -0.2) is 9.37 Å². The van der Waals surface area contributed by atoms with Crippen LogP contribution in [0.25, 0.3) is 22.0 Å². The minimum Gasteiger partial charge on any atom is -0.420 e. The fourth-order valence-electron chi connectivity index (χ4n) is 4.31. The van der Waals surface area contributed by atoms with Gasteiger partial charge < -0.3 is 14.4 Å². The third kappa shape index (κ3) is 4.00. The molecule has 162 valence electrons. The molecule has 3 heterocycles. The van der Waals surface area contributed by atoms with Gasteiger partial charge in [0.15, 0.2) is 11.4 Å². The number of rotatable bonds is 5. The number of aliphatic hydroxyl groups is 1. The molecule has 4 aromatic rings. The second-order valence-electron chi connectivity index (χ2n) is 8.05. The number of nitriles is 1. The first-order chi connectivity index (χ1) is 15.6. The van der Waals surface area contributed by atoms with Crippen LogP contribution in [0.5, 0.6) is 0 Å². The smallest absolute Gasteiger partial charge is 0.301 e. The zero-order valence-corrected chi connectivity index (χ0v) is 17.4. The summed E-state index contributed by atoms with van der Waals surface area (Å²) >= 11 is 0. The minimum absolute atomic E-state index is 0.119. The molecule has 1 aliphatic heterocycles. The quantitative estimate of drug-likeness (QED) is 0.486. The molecule has 0 bridgehead atoms. The molecule has 0 atom stereocenters. The number of hydrogen-bond donors (Lipinski definition) is 2. The Balaban J connectivity index is 1.37. The van der Waals surface area contributed by atoms with Crippen molar-refractivity contribution >= 4 is 33.8 Å². The summed E-state index contributed by atoms with van der Waals surface area (Å²) in [6, 6.07) is 14.6. The van der Waals surface area contributed by atoms with Crippen LogP contribution in [0.15, 0.2) is 46.9 Å². The molecule has 0 amide bonds. The van der Waals surface area contributed by atoms with E-state index in [0.717, 1.165) is 42.4 Å². The summed E-state index contributed by atoms with van der Waals surface area (Å²) in [7, 11) is 0. The number of pyridine rings is 1. The number of oxazole rings is 1. The van der Waals surface area contributed by atoms with Crippen molar-refractivity contribution in [3.8, 4) is 6.07 Å². The van der Waals surface area contributed by atoms with Gasteiger partial charge in [0.05, 0.1) is 23.8 Å². The molecule has 8 heteroatoms. The fraction of sp³-hybridized carbons (Fsp3) is 0.292. The number of nitrogens with zero attached hydrogens (tertiary/aromatic N) is 4. The van der Waals surface area contributed by atoms with Gasteiger partial charge in [-0.3, -0.25) is 5.32 Å². The first-order valence-corrected chi connectivity index (χ1v) is 10.6. The molecular formula is C24H22FN5O2. The van der Waals surface area contributed by atoms with Crippen LogP contribution in [-0.2, 0) is 0 Å². The van der Waals surface area contributed by atoms with Crippen LogP contribution in [-0.4, -0.2) is 46.2 Å². The van der Waals surface area contributed by atoms with Gasteiger partial charge >= 0.3 is 6.01 Å². The van der Waals surface area contributed by atoms with Crippen LogP contribution in [0.1, 0.15) is 29.9 Å². The summed E-state index contributed by atoms with van der Waals surface area (Å²) in [4.78, 5) is 11.2. The molecule has 0 spiro atoms. The fourth-order valence-corrected chi connectivity index (χ4v) is 4.31. The van der Waals surface area contributed by atoms with Crippen LogP contribution in [0.3, 0.4) is 0 Å². The minimum atomic E-state index is -0.425. The van der Waals surface area contributed by atoms with Crippen molar-refractivity contribution in [2.75, 3.05) is 31.6 Å². The third-order valence-corrected chi connectivity index (χ3v) is 6.00. The SMILES string of the molecule is N#Cc1ccc2nc(Nc3nc4cc(C5CCN(CCO)CC5)cc(F)c4o3)ccc2c1. The number of fused-ring (bicyclic) bond motifs is 2. The molecular weight excluding hydrogens is 409 g/mol. The molecule has 1 saturated heterocycles. The Labute approximate surface area is 184 Å². The van der Waals surface area contributed by atoms with Gasteiger partial charge in [-0.15, -0.1) is 0 Å². The van der Waals surface area contributed by atoms with Crippen molar-refractivity contribution in [2.24, 2.45) is 0 Å². The van der Waals surface area contributed by atoms with Gasteiger partial charge in [0.2, 0.25) is 0 Å². The Hall–Kier alpha value is -3.54. The summed E-state index contributed by atoms with van der Waals surface area (Å²) in [5.74, 6) is 0.356. The number of likely N-dealkylation sites (tertiary alicyclic amines) is 1. The zero-order valence-electron chi connectivity index (χ0n) is 17.4. The highest BCUT2D eigenvalue weighted by Crippen LogP contribution is 2.33. The average molecular weight is 431 g/mol. The maximum absolute atomic E-state index is 14.8. The van der Waals surface area contributed by atoms with Crippen molar-refractivity contribution in [3.63, 3.8) is 0 Å². The Kier molecular flexibility index (Phi) is 5.43. The number of hydrogen-bond acceptors (Lipinski definition) is 7. The van der Waals surface area contributed by atoms with E-state index in [4.69, 9.17) is 14.8 Å². The lowest BCUT2D eigenvalue weighted by molar-refractivity contribution is 0.164. The van der Waals surface area contributed by atoms with Crippen molar-refractivity contribution in [3.05, 3.63) is 59.4 Å². The van der Waals surface area contributed by atoms with E-state index in [1.165, 1.54) is 0 Å². The molecule has 2 aromatic heterocycles. The highest BCUT2D eigenvalue weighted by atomic mass is 19.1. The second kappa shape index (κ2) is 8.54. The van der Waals surface area contributed by atoms with Gasteiger partial charge in [-0.05, 0) is 79.9 Å². The summed E-state index contributed by atoms with van der Waals surface area (Å²) in [6.45, 7) is 2.62. The van der Waals surface area contributed by atoms with E-state index in [-0.39, 0.29) is 24.1 Å².